The number of ether oxygens (including phenoxy) is 2. The molecule has 2 aliphatic carbocycles. The summed E-state index contributed by atoms with van der Waals surface area (Å²) in [6, 6.07) is 0. The Morgan fingerprint density at radius 2 is 0.875 bits per heavy atom. The van der Waals surface area contributed by atoms with Gasteiger partial charge in [0.05, 0.1) is 12.2 Å². The van der Waals surface area contributed by atoms with E-state index < -0.39 is 11.2 Å². The molecule has 0 aromatic carbocycles. The van der Waals surface area contributed by atoms with Gasteiger partial charge in [-0.2, -0.15) is 0 Å². The predicted molar refractivity (Wildman–Crippen MR) is 120 cm³/mol. The van der Waals surface area contributed by atoms with E-state index in [9.17, 15) is 19.8 Å². The molecule has 2 N–H and O–H groups in total. The van der Waals surface area contributed by atoms with Crippen molar-refractivity contribution >= 4 is 12.2 Å². The number of rotatable bonds is 0. The van der Waals surface area contributed by atoms with Gasteiger partial charge >= 0.3 is 12.2 Å². The summed E-state index contributed by atoms with van der Waals surface area (Å²) in [5.41, 5.74) is -0.845. The zero-order valence-electron chi connectivity index (χ0n) is 20.5. The van der Waals surface area contributed by atoms with Crippen LogP contribution in [0.5, 0.6) is 0 Å². The highest BCUT2D eigenvalue weighted by atomic mass is 16.6. The summed E-state index contributed by atoms with van der Waals surface area (Å²) in [5.74, 6) is 1.90. The van der Waals surface area contributed by atoms with Gasteiger partial charge in [0.25, 0.3) is 0 Å². The van der Waals surface area contributed by atoms with Crippen molar-refractivity contribution in [3.8, 4) is 0 Å². The summed E-state index contributed by atoms with van der Waals surface area (Å²) in [7, 11) is 0. The second-order valence-corrected chi connectivity index (χ2v) is 12.1. The number of aliphatic hydroxyl groups is 2. The molecular weight excluding hydrogens is 412 g/mol. The average molecular weight is 455 g/mol. The van der Waals surface area contributed by atoms with Crippen LogP contribution < -0.4 is 0 Å². The molecule has 4 fully saturated rings. The molecule has 4 aliphatic rings. The maximum absolute atomic E-state index is 11.8. The van der Waals surface area contributed by atoms with Crippen molar-refractivity contribution in [3.63, 3.8) is 0 Å². The normalized spacial score (nSPS) is 30.6. The first-order valence-electron chi connectivity index (χ1n) is 12.0. The smallest absolute Gasteiger partial charge is 0.410 e. The van der Waals surface area contributed by atoms with E-state index in [0.29, 0.717) is 23.7 Å². The molecule has 0 aromatic heterocycles. The summed E-state index contributed by atoms with van der Waals surface area (Å²) in [5, 5.41) is 19.0. The molecule has 2 heterocycles. The van der Waals surface area contributed by atoms with Crippen LogP contribution in [0.2, 0.25) is 0 Å². The standard InChI is InChI=1S/2C12H21NO3/c2*1-12(2,3)16-11(15)13-6-8-4-10(14)5-9(8)7-13/h2*8-10,14H,4-7H2,1-3H3/t2*8-,9-/m10/s1. The fourth-order valence-electron chi connectivity index (χ4n) is 5.49. The maximum Gasteiger partial charge on any atom is 0.410 e. The van der Waals surface area contributed by atoms with Crippen LogP contribution in [0.15, 0.2) is 0 Å². The molecule has 4 atom stereocenters. The number of carbonyl (C=O) groups excluding carboxylic acids is 2. The van der Waals surface area contributed by atoms with Crippen LogP contribution in [0.4, 0.5) is 9.59 Å². The van der Waals surface area contributed by atoms with Gasteiger partial charge in [-0.05, 0) is 90.9 Å². The fraction of sp³-hybridized carbons (Fsp3) is 0.917. The van der Waals surface area contributed by atoms with Crippen LogP contribution in [0, 0.1) is 23.7 Å². The lowest BCUT2D eigenvalue weighted by molar-refractivity contribution is 0.0260. The van der Waals surface area contributed by atoms with Crippen LogP contribution in [-0.2, 0) is 9.47 Å². The Balaban J connectivity index is 0.000000181. The van der Waals surface area contributed by atoms with E-state index in [-0.39, 0.29) is 24.4 Å². The van der Waals surface area contributed by atoms with E-state index in [1.54, 1.807) is 9.80 Å². The van der Waals surface area contributed by atoms with Gasteiger partial charge in [-0.15, -0.1) is 0 Å². The first kappa shape index (κ1) is 25.1. The SMILES string of the molecule is CC(C)(C)OC(=O)N1C[C@@H]2CC(O)C[C@H]2C1.CC(C)(C)OC(=O)N1C[C@H]2CC(O)C[C@@H]2C1. The summed E-state index contributed by atoms with van der Waals surface area (Å²) >= 11 is 0. The number of aliphatic hydroxyl groups excluding tert-OH is 2. The van der Waals surface area contributed by atoms with E-state index in [4.69, 9.17) is 9.47 Å². The molecule has 32 heavy (non-hydrogen) atoms. The van der Waals surface area contributed by atoms with E-state index in [1.165, 1.54) is 0 Å². The Hall–Kier alpha value is -1.54. The van der Waals surface area contributed by atoms with Crippen LogP contribution in [0.25, 0.3) is 0 Å². The topological polar surface area (TPSA) is 99.5 Å². The summed E-state index contributed by atoms with van der Waals surface area (Å²) < 4.78 is 10.7. The highest BCUT2D eigenvalue weighted by molar-refractivity contribution is 5.69. The molecule has 0 unspecified atom stereocenters. The molecule has 184 valence electrons. The highest BCUT2D eigenvalue weighted by Gasteiger charge is 2.43. The Kier molecular flexibility index (Phi) is 7.35. The zero-order valence-corrected chi connectivity index (χ0v) is 20.5. The molecule has 0 aromatic rings. The maximum atomic E-state index is 11.8. The first-order valence-corrected chi connectivity index (χ1v) is 12.0. The third-order valence-electron chi connectivity index (χ3n) is 6.76. The second kappa shape index (κ2) is 9.37. The highest BCUT2D eigenvalue weighted by Crippen LogP contribution is 2.39. The minimum Gasteiger partial charge on any atom is -0.444 e. The average Bonchev–Trinajstić information content (AvgIpc) is 3.30. The van der Waals surface area contributed by atoms with Crippen LogP contribution in [-0.4, -0.2) is 81.8 Å². The van der Waals surface area contributed by atoms with Crippen molar-refractivity contribution < 1.29 is 29.3 Å². The third kappa shape index (κ3) is 6.73. The molecule has 8 heteroatoms. The predicted octanol–water partition coefficient (Wildman–Crippen LogP) is 3.25. The minimum atomic E-state index is -0.422. The summed E-state index contributed by atoms with van der Waals surface area (Å²) in [6.45, 7) is 14.3. The lowest BCUT2D eigenvalue weighted by atomic mass is 10.0. The Bertz CT molecular complexity index is 599. The third-order valence-corrected chi connectivity index (χ3v) is 6.76. The number of carbonyl (C=O) groups is 2. The number of amides is 2. The van der Waals surface area contributed by atoms with E-state index >= 15 is 0 Å². The number of nitrogens with zero attached hydrogens (tertiary/aromatic N) is 2. The van der Waals surface area contributed by atoms with Crippen LogP contribution >= 0.6 is 0 Å². The molecule has 2 aliphatic heterocycles. The lowest BCUT2D eigenvalue weighted by Gasteiger charge is -2.25. The van der Waals surface area contributed by atoms with E-state index in [0.717, 1.165) is 51.9 Å². The first-order chi connectivity index (χ1) is 14.7. The Morgan fingerprint density at radius 1 is 0.625 bits per heavy atom. The molecule has 0 radical (unpaired) electrons. The molecule has 8 nitrogen and oxygen atoms in total. The van der Waals surface area contributed by atoms with Gasteiger partial charge in [0, 0.05) is 26.2 Å². The van der Waals surface area contributed by atoms with Crippen molar-refractivity contribution in [3.05, 3.63) is 0 Å². The molecule has 0 bridgehead atoms. The van der Waals surface area contributed by atoms with Gasteiger partial charge in [-0.3, -0.25) is 0 Å². The van der Waals surface area contributed by atoms with E-state index in [1.807, 2.05) is 41.5 Å². The molecule has 4 rings (SSSR count). The van der Waals surface area contributed by atoms with E-state index in [2.05, 4.69) is 0 Å². The van der Waals surface area contributed by atoms with Gasteiger partial charge in [0.15, 0.2) is 0 Å². The summed E-state index contributed by atoms with van der Waals surface area (Å²) in [4.78, 5) is 27.2. The van der Waals surface area contributed by atoms with Gasteiger partial charge in [0.2, 0.25) is 0 Å². The van der Waals surface area contributed by atoms with Crippen LogP contribution in [0.3, 0.4) is 0 Å². The van der Waals surface area contributed by atoms with Gasteiger partial charge < -0.3 is 29.5 Å². The number of hydrogen-bond acceptors (Lipinski definition) is 6. The second-order valence-electron chi connectivity index (χ2n) is 12.1. The molecule has 2 saturated heterocycles. The van der Waals surface area contributed by atoms with Crippen LogP contribution in [0.1, 0.15) is 67.2 Å². The Morgan fingerprint density at radius 3 is 1.09 bits per heavy atom. The van der Waals surface area contributed by atoms with Gasteiger partial charge in [-0.25, -0.2) is 9.59 Å². The molecule has 0 spiro atoms. The van der Waals surface area contributed by atoms with Crippen molar-refractivity contribution in [1.82, 2.24) is 9.80 Å². The van der Waals surface area contributed by atoms with Crippen molar-refractivity contribution in [1.29, 1.82) is 0 Å². The lowest BCUT2D eigenvalue weighted by Crippen LogP contribution is -2.36. The van der Waals surface area contributed by atoms with Gasteiger partial charge in [-0.1, -0.05) is 0 Å². The zero-order chi connectivity index (χ0) is 23.8. The number of fused-ring (bicyclic) bond motifs is 2. The number of hydrogen-bond donors (Lipinski definition) is 2. The largest absolute Gasteiger partial charge is 0.444 e. The minimum absolute atomic E-state index is 0.157. The number of likely N-dealkylation sites (tertiary alicyclic amines) is 2. The van der Waals surface area contributed by atoms with Gasteiger partial charge in [0.1, 0.15) is 11.2 Å². The Labute approximate surface area is 192 Å². The quantitative estimate of drug-likeness (QED) is 0.583. The molecule has 2 saturated carbocycles. The molecular formula is C24H42N2O6. The van der Waals surface area contributed by atoms with Crippen molar-refractivity contribution in [2.24, 2.45) is 23.7 Å². The summed E-state index contributed by atoms with van der Waals surface area (Å²) in [6.07, 6.45) is 2.61. The van der Waals surface area contributed by atoms with Crippen molar-refractivity contribution in [2.45, 2.75) is 90.6 Å². The fourth-order valence-corrected chi connectivity index (χ4v) is 5.49. The monoisotopic (exact) mass is 454 g/mol. The van der Waals surface area contributed by atoms with Crippen molar-refractivity contribution in [2.75, 3.05) is 26.2 Å². The molecule has 2 amide bonds.